The number of fused-ring (bicyclic) bond motifs is 1. The van der Waals surface area contributed by atoms with Gasteiger partial charge in [0.15, 0.2) is 11.5 Å². The highest BCUT2D eigenvalue weighted by Gasteiger charge is 2.39. The number of hydrogen-bond donors (Lipinski definition) is 4. The Morgan fingerprint density at radius 1 is 0.690 bits per heavy atom. The van der Waals surface area contributed by atoms with E-state index in [9.17, 15) is 19.2 Å². The molecule has 2 aromatic carbocycles. The third kappa shape index (κ3) is 8.28. The van der Waals surface area contributed by atoms with Gasteiger partial charge in [0.25, 0.3) is 0 Å². The van der Waals surface area contributed by atoms with Crippen molar-refractivity contribution >= 4 is 36.4 Å². The van der Waals surface area contributed by atoms with Gasteiger partial charge in [0.1, 0.15) is 23.7 Å². The van der Waals surface area contributed by atoms with Crippen LogP contribution in [0.1, 0.15) is 77.1 Å². The summed E-state index contributed by atoms with van der Waals surface area (Å²) in [6, 6.07) is 10.1. The van der Waals surface area contributed by atoms with Crippen molar-refractivity contribution in [2.75, 3.05) is 34.1 Å². The Morgan fingerprint density at radius 2 is 1.14 bits per heavy atom. The number of alkyl carbamates (subject to hydrolysis) is 2. The molecule has 0 bridgehead atoms. The number of aromatic nitrogens is 4. The number of imidazole rings is 2. The van der Waals surface area contributed by atoms with Crippen LogP contribution in [0.15, 0.2) is 48.8 Å². The fourth-order valence-corrected chi connectivity index (χ4v) is 7.95. The quantitative estimate of drug-likeness (QED) is 0.132. The number of amides is 4. The molecule has 58 heavy (non-hydrogen) atoms. The topological polar surface area (TPSA) is 193 Å². The standard InChI is InChI=1S/C41H50N8O8.ClH/c1-22(2)32(46-40(52)54-5)38(50)48-17-7-9-30(48)36-42-19-28(44-36)25-13-11-24(12-14-25)26-15-16-27(35-34(26)56-21-57-35)29-20-43-37(45-29)31-10-8-18-49(31)39(51)33(23(3)4)47-41(53)55-6;/h11-16,19-20,22-23,30-33H,7-10,17-18,21H2,1-6H3,(H,42,44)(H,43,45)(H,46,52)(H,47,53);1H/t30-,31-,32-,33-;/m0./s1. The van der Waals surface area contributed by atoms with Gasteiger partial charge in [-0.2, -0.15) is 0 Å². The SMILES string of the molecule is COC(=O)N[C@H](C(=O)N1CCC[C@H]1c1ncc(-c2ccc(-c3ccc(-c4cnc([C@@H]5CCCN5C(=O)[C@@H](NC(=O)OC)C(C)C)[nH]4)c4c3OCO4)cc2)[nH]1)C(C)C.Cl. The molecule has 2 saturated heterocycles. The van der Waals surface area contributed by atoms with Gasteiger partial charge >= 0.3 is 12.2 Å². The van der Waals surface area contributed by atoms with E-state index in [0.29, 0.717) is 36.2 Å². The summed E-state index contributed by atoms with van der Waals surface area (Å²) in [5, 5.41) is 5.38. The number of carbonyl (C=O) groups excluding carboxylic acids is 4. The number of H-pyrrole nitrogens is 2. The lowest BCUT2D eigenvalue weighted by Crippen LogP contribution is -2.51. The number of nitrogens with one attached hydrogen (secondary N) is 4. The molecule has 4 aromatic rings. The molecule has 3 aliphatic heterocycles. The maximum Gasteiger partial charge on any atom is 0.407 e. The van der Waals surface area contributed by atoms with Crippen molar-refractivity contribution < 1.29 is 38.1 Å². The first-order chi connectivity index (χ1) is 27.5. The molecular weight excluding hydrogens is 768 g/mol. The van der Waals surface area contributed by atoms with E-state index in [1.807, 2.05) is 64.1 Å². The maximum atomic E-state index is 13.6. The van der Waals surface area contributed by atoms with Gasteiger partial charge in [0.05, 0.1) is 50.1 Å². The third-order valence-electron chi connectivity index (χ3n) is 11.0. The molecule has 310 valence electrons. The normalized spacial score (nSPS) is 18.2. The fourth-order valence-electron chi connectivity index (χ4n) is 7.95. The predicted octanol–water partition coefficient (Wildman–Crippen LogP) is 6.37. The zero-order valence-electron chi connectivity index (χ0n) is 33.5. The number of ether oxygens (including phenoxy) is 4. The number of methoxy groups -OCH3 is 2. The zero-order valence-corrected chi connectivity index (χ0v) is 34.3. The summed E-state index contributed by atoms with van der Waals surface area (Å²) in [6.45, 7) is 8.77. The lowest BCUT2D eigenvalue weighted by molar-refractivity contribution is -0.136. The predicted molar refractivity (Wildman–Crippen MR) is 216 cm³/mol. The highest BCUT2D eigenvalue weighted by Crippen LogP contribution is 2.48. The number of aromatic amines is 2. The molecule has 5 heterocycles. The summed E-state index contributed by atoms with van der Waals surface area (Å²) >= 11 is 0. The molecule has 0 aliphatic carbocycles. The Kier molecular flexibility index (Phi) is 12.8. The van der Waals surface area contributed by atoms with Crippen LogP contribution in [0.2, 0.25) is 0 Å². The van der Waals surface area contributed by atoms with Crippen LogP contribution in [0.3, 0.4) is 0 Å². The summed E-state index contributed by atoms with van der Waals surface area (Å²) < 4.78 is 21.6. The van der Waals surface area contributed by atoms with Crippen LogP contribution in [0.25, 0.3) is 33.6 Å². The molecule has 3 aliphatic rings. The number of rotatable bonds is 11. The van der Waals surface area contributed by atoms with E-state index in [0.717, 1.165) is 59.3 Å². The maximum absolute atomic E-state index is 13.6. The first kappa shape index (κ1) is 41.9. The number of halogens is 1. The van der Waals surface area contributed by atoms with E-state index in [4.69, 9.17) is 23.9 Å². The van der Waals surface area contributed by atoms with E-state index in [-0.39, 0.29) is 54.9 Å². The minimum Gasteiger partial charge on any atom is -0.453 e. The number of nitrogens with zero attached hydrogens (tertiary/aromatic N) is 4. The van der Waals surface area contributed by atoms with Gasteiger partial charge in [-0.25, -0.2) is 19.6 Å². The van der Waals surface area contributed by atoms with Gasteiger partial charge in [0, 0.05) is 24.2 Å². The zero-order chi connectivity index (χ0) is 40.4. The molecule has 4 atom stereocenters. The minimum atomic E-state index is -0.720. The largest absolute Gasteiger partial charge is 0.453 e. The van der Waals surface area contributed by atoms with Crippen LogP contribution in [0.5, 0.6) is 11.5 Å². The second kappa shape index (κ2) is 17.8. The lowest BCUT2D eigenvalue weighted by Gasteiger charge is -2.30. The van der Waals surface area contributed by atoms with Crippen LogP contribution in [0.4, 0.5) is 9.59 Å². The monoisotopic (exact) mass is 818 g/mol. The lowest BCUT2D eigenvalue weighted by atomic mass is 9.99. The first-order valence-corrected chi connectivity index (χ1v) is 19.4. The van der Waals surface area contributed by atoms with Crippen molar-refractivity contribution in [3.05, 3.63) is 60.4 Å². The van der Waals surface area contributed by atoms with Crippen molar-refractivity contribution in [1.29, 1.82) is 0 Å². The molecule has 0 spiro atoms. The highest BCUT2D eigenvalue weighted by molar-refractivity contribution is 5.88. The molecule has 0 saturated carbocycles. The second-order valence-corrected chi connectivity index (χ2v) is 15.3. The highest BCUT2D eigenvalue weighted by atomic mass is 35.5. The Balaban J connectivity index is 0.00000567. The molecule has 7 rings (SSSR count). The summed E-state index contributed by atoms with van der Waals surface area (Å²) in [7, 11) is 2.56. The van der Waals surface area contributed by atoms with E-state index in [2.05, 4.69) is 25.6 Å². The van der Waals surface area contributed by atoms with Crippen molar-refractivity contribution in [1.82, 2.24) is 40.4 Å². The van der Waals surface area contributed by atoms with E-state index >= 15 is 0 Å². The number of hydrogen-bond acceptors (Lipinski definition) is 10. The third-order valence-corrected chi connectivity index (χ3v) is 11.0. The van der Waals surface area contributed by atoms with E-state index in [1.54, 1.807) is 22.2 Å². The summed E-state index contributed by atoms with van der Waals surface area (Å²) in [4.78, 5) is 71.0. The number of benzene rings is 2. The summed E-state index contributed by atoms with van der Waals surface area (Å²) in [5.74, 6) is 2.00. The van der Waals surface area contributed by atoms with Gasteiger partial charge in [-0.3, -0.25) is 9.59 Å². The molecule has 2 fully saturated rings. The molecule has 17 heteroatoms. The number of carbonyl (C=O) groups is 4. The van der Waals surface area contributed by atoms with Gasteiger partial charge in [-0.15, -0.1) is 12.4 Å². The van der Waals surface area contributed by atoms with Crippen molar-refractivity contribution in [2.24, 2.45) is 11.8 Å². The van der Waals surface area contributed by atoms with Crippen LogP contribution < -0.4 is 20.1 Å². The van der Waals surface area contributed by atoms with E-state index < -0.39 is 24.3 Å². The van der Waals surface area contributed by atoms with Crippen molar-refractivity contribution in [3.8, 4) is 45.1 Å². The first-order valence-electron chi connectivity index (χ1n) is 19.4. The molecule has 2 aromatic heterocycles. The van der Waals surface area contributed by atoms with Crippen molar-refractivity contribution in [3.63, 3.8) is 0 Å². The Labute approximate surface area is 343 Å². The Bertz CT molecular complexity index is 2120. The van der Waals surface area contributed by atoms with Crippen LogP contribution >= 0.6 is 12.4 Å². The van der Waals surface area contributed by atoms with Crippen molar-refractivity contribution in [2.45, 2.75) is 77.5 Å². The average Bonchev–Trinajstić information content (AvgIpc) is 4.07. The molecular formula is C41H51ClN8O8. The fraction of sp³-hybridized carbons (Fsp3) is 0.463. The van der Waals surface area contributed by atoms with Gasteiger partial charge in [0.2, 0.25) is 18.6 Å². The summed E-state index contributed by atoms with van der Waals surface area (Å²) in [5.41, 5.74) is 5.07. The smallest absolute Gasteiger partial charge is 0.407 e. The van der Waals surface area contributed by atoms with Gasteiger partial charge < -0.3 is 49.3 Å². The molecule has 0 unspecified atom stereocenters. The molecule has 4 N–H and O–H groups in total. The molecule has 4 amide bonds. The Morgan fingerprint density at radius 3 is 1.64 bits per heavy atom. The summed E-state index contributed by atoms with van der Waals surface area (Å²) in [6.07, 6.45) is 5.39. The van der Waals surface area contributed by atoms with Gasteiger partial charge in [-0.1, -0.05) is 52.0 Å². The van der Waals surface area contributed by atoms with Crippen LogP contribution in [-0.2, 0) is 19.1 Å². The van der Waals surface area contributed by atoms with Gasteiger partial charge in [-0.05, 0) is 60.8 Å². The van der Waals surface area contributed by atoms with Crippen LogP contribution in [0, 0.1) is 11.8 Å². The number of likely N-dealkylation sites (tertiary alicyclic amines) is 2. The average molecular weight is 819 g/mol. The van der Waals surface area contributed by atoms with E-state index in [1.165, 1.54) is 14.2 Å². The molecule has 0 radical (unpaired) electrons. The second-order valence-electron chi connectivity index (χ2n) is 15.3. The van der Waals surface area contributed by atoms with Crippen LogP contribution in [-0.4, -0.2) is 99.9 Å². The minimum absolute atomic E-state index is 0. The molecule has 16 nitrogen and oxygen atoms in total. The Hall–Kier alpha value is -5.77.